The van der Waals surface area contributed by atoms with Gasteiger partial charge in [-0.3, -0.25) is 19.9 Å². The summed E-state index contributed by atoms with van der Waals surface area (Å²) in [5.41, 5.74) is 6.98. The molecule has 0 radical (unpaired) electrons. The Kier molecular flexibility index (Phi) is 8.96. The lowest BCUT2D eigenvalue weighted by Crippen LogP contribution is -2.44. The van der Waals surface area contributed by atoms with E-state index in [0.29, 0.717) is 0 Å². The predicted octanol–water partition coefficient (Wildman–Crippen LogP) is 4.61. The Bertz CT molecular complexity index is 1660. The summed E-state index contributed by atoms with van der Waals surface area (Å²) in [7, 11) is 4.29. The first-order valence-electron chi connectivity index (χ1n) is 17.4. The summed E-state index contributed by atoms with van der Waals surface area (Å²) >= 11 is 0. The number of likely N-dealkylation sites (tertiary alicyclic amines) is 2. The van der Waals surface area contributed by atoms with Gasteiger partial charge in [0.15, 0.2) is 11.2 Å². The Morgan fingerprint density at radius 3 is 1.34 bits per heavy atom. The van der Waals surface area contributed by atoms with Crippen LogP contribution in [0.5, 0.6) is 0 Å². The van der Waals surface area contributed by atoms with E-state index in [0.717, 1.165) is 123 Å². The number of fused-ring (bicyclic) bond motifs is 4. The van der Waals surface area contributed by atoms with Gasteiger partial charge in [0.25, 0.3) is 0 Å². The molecule has 2 saturated heterocycles. The van der Waals surface area contributed by atoms with E-state index < -0.39 is 11.2 Å². The number of piperidine rings is 2. The summed E-state index contributed by atoms with van der Waals surface area (Å²) in [5.74, 6) is 0.327. The summed E-state index contributed by atoms with van der Waals surface area (Å²) in [4.78, 5) is 23.3. The average Bonchev–Trinajstić information content (AvgIpc) is 3.31. The minimum absolute atomic E-state index is 0.161. The Morgan fingerprint density at radius 1 is 0.574 bits per heavy atom. The molecule has 2 fully saturated rings. The number of hydrogen-bond donors (Lipinski definition) is 2. The predicted molar refractivity (Wildman–Crippen MR) is 183 cm³/mol. The van der Waals surface area contributed by atoms with Gasteiger partial charge in [0, 0.05) is 36.6 Å². The van der Waals surface area contributed by atoms with Crippen molar-refractivity contribution >= 4 is 0 Å². The van der Waals surface area contributed by atoms with Crippen molar-refractivity contribution in [3.63, 3.8) is 0 Å². The van der Waals surface area contributed by atoms with Crippen LogP contribution in [0.3, 0.4) is 0 Å². The summed E-state index contributed by atoms with van der Waals surface area (Å²) in [6.07, 6.45) is 14.8. The molecular weight excluding hydrogens is 584 g/mol. The van der Waals surface area contributed by atoms with E-state index in [2.05, 4.69) is 70.0 Å². The zero-order valence-electron chi connectivity index (χ0n) is 28.1. The summed E-state index contributed by atoms with van der Waals surface area (Å²) < 4.78 is 0. The monoisotopic (exact) mass is 632 g/mol. The molecule has 6 heterocycles. The molecule has 246 valence electrons. The second kappa shape index (κ2) is 13.2. The van der Waals surface area contributed by atoms with Crippen LogP contribution in [0.2, 0.25) is 0 Å². The third-order valence-electron chi connectivity index (χ3n) is 11.2. The first kappa shape index (κ1) is 32.0. The molecule has 0 bridgehead atoms. The summed E-state index contributed by atoms with van der Waals surface area (Å²) in [6.45, 7) is 6.11. The molecule has 0 aromatic carbocycles. The van der Waals surface area contributed by atoms with Gasteiger partial charge in [0.2, 0.25) is 0 Å². The summed E-state index contributed by atoms with van der Waals surface area (Å²) in [5, 5.41) is 23.9. The van der Waals surface area contributed by atoms with Crippen molar-refractivity contribution in [1.29, 1.82) is 0 Å². The molecular formula is C39H48N6O2. The molecule has 1 atom stereocenters. The Labute approximate surface area is 279 Å². The molecule has 0 saturated carbocycles. The van der Waals surface area contributed by atoms with Crippen molar-refractivity contribution in [2.45, 2.75) is 69.5 Å². The smallest absolute Gasteiger partial charge is 0.151 e. The number of aryl methyl sites for hydroxylation is 5. The minimum Gasteiger partial charge on any atom is -0.377 e. The molecule has 0 amide bonds. The first-order chi connectivity index (χ1) is 22.8. The van der Waals surface area contributed by atoms with E-state index in [1.807, 2.05) is 24.4 Å². The van der Waals surface area contributed by atoms with E-state index in [9.17, 15) is 10.2 Å². The summed E-state index contributed by atoms with van der Waals surface area (Å²) in [6, 6.07) is 14.4. The fourth-order valence-electron chi connectivity index (χ4n) is 8.50. The number of aromatic nitrogens is 4. The lowest BCUT2D eigenvalue weighted by atomic mass is 9.74. The molecule has 8 nitrogen and oxygen atoms in total. The normalized spacial score (nSPS) is 23.2. The molecule has 8 rings (SSSR count). The van der Waals surface area contributed by atoms with Crippen molar-refractivity contribution in [3.8, 4) is 0 Å². The fourth-order valence-corrected chi connectivity index (χ4v) is 8.50. The van der Waals surface area contributed by atoms with Gasteiger partial charge in [0.1, 0.15) is 0 Å². The van der Waals surface area contributed by atoms with Crippen LogP contribution in [0.1, 0.15) is 76.3 Å². The van der Waals surface area contributed by atoms with E-state index >= 15 is 0 Å². The molecule has 2 aliphatic carbocycles. The van der Waals surface area contributed by atoms with Crippen molar-refractivity contribution in [2.75, 3.05) is 40.3 Å². The maximum absolute atomic E-state index is 12.0. The highest BCUT2D eigenvalue weighted by molar-refractivity contribution is 5.44. The maximum Gasteiger partial charge on any atom is 0.151 e. The fraction of sp³-hybridized carbons (Fsp3) is 0.487. The largest absolute Gasteiger partial charge is 0.377 e. The Morgan fingerprint density at radius 2 is 0.936 bits per heavy atom. The van der Waals surface area contributed by atoms with Crippen molar-refractivity contribution in [2.24, 2.45) is 11.8 Å². The van der Waals surface area contributed by atoms with Crippen LogP contribution in [0.25, 0.3) is 0 Å². The molecule has 2 N–H and O–H groups in total. The van der Waals surface area contributed by atoms with E-state index in [1.165, 1.54) is 5.56 Å². The van der Waals surface area contributed by atoms with Crippen LogP contribution in [-0.4, -0.2) is 80.2 Å². The maximum atomic E-state index is 12.0. The van der Waals surface area contributed by atoms with Crippen LogP contribution in [0.15, 0.2) is 67.3 Å². The highest BCUT2D eigenvalue weighted by atomic mass is 16.3. The van der Waals surface area contributed by atoms with E-state index in [4.69, 9.17) is 4.98 Å². The lowest BCUT2D eigenvalue weighted by molar-refractivity contribution is -0.0184. The zero-order valence-corrected chi connectivity index (χ0v) is 28.1. The van der Waals surface area contributed by atoms with Gasteiger partial charge in [-0.1, -0.05) is 24.3 Å². The average molecular weight is 633 g/mol. The first-order valence-corrected chi connectivity index (χ1v) is 17.4. The number of pyridine rings is 4. The van der Waals surface area contributed by atoms with Crippen LogP contribution in [-0.2, 0) is 36.9 Å². The number of aliphatic hydroxyl groups is 2. The molecule has 1 unspecified atom stereocenters. The molecule has 4 aliphatic rings. The zero-order chi connectivity index (χ0) is 32.6. The van der Waals surface area contributed by atoms with Crippen LogP contribution >= 0.6 is 0 Å². The second-order valence-electron chi connectivity index (χ2n) is 14.2. The number of hydrogen-bond acceptors (Lipinski definition) is 8. The molecule has 8 heteroatoms. The van der Waals surface area contributed by atoms with E-state index in [-0.39, 0.29) is 11.8 Å². The second-order valence-corrected chi connectivity index (χ2v) is 14.2. The van der Waals surface area contributed by atoms with Gasteiger partial charge >= 0.3 is 0 Å². The van der Waals surface area contributed by atoms with Gasteiger partial charge < -0.3 is 20.0 Å². The van der Waals surface area contributed by atoms with Crippen molar-refractivity contribution < 1.29 is 10.2 Å². The minimum atomic E-state index is -1.07. The molecule has 47 heavy (non-hydrogen) atoms. The molecule has 0 spiro atoms. The third kappa shape index (κ3) is 5.90. The van der Waals surface area contributed by atoms with Crippen LogP contribution in [0.4, 0.5) is 0 Å². The SMILES string of the molecule is CN1CCC(C2(O)c3ncccc3CCc3cccnc32)CC1.Cc1cnc2c(c1)CCc1cccnc1C2(O)C1CCN(C)CC1. The molecule has 2 aliphatic heterocycles. The lowest BCUT2D eigenvalue weighted by Gasteiger charge is -2.40. The number of nitrogens with zero attached hydrogens (tertiary/aromatic N) is 6. The highest BCUT2D eigenvalue weighted by Crippen LogP contribution is 2.46. The van der Waals surface area contributed by atoms with Gasteiger partial charge in [-0.2, -0.15) is 0 Å². The van der Waals surface area contributed by atoms with Gasteiger partial charge in [0.05, 0.1) is 22.8 Å². The van der Waals surface area contributed by atoms with E-state index in [1.54, 1.807) is 18.6 Å². The third-order valence-corrected chi connectivity index (χ3v) is 11.2. The van der Waals surface area contributed by atoms with Crippen molar-refractivity contribution in [1.82, 2.24) is 29.7 Å². The van der Waals surface area contributed by atoms with Gasteiger partial charge in [-0.05, 0) is 145 Å². The Hall–Kier alpha value is -3.56. The molecule has 4 aromatic heterocycles. The van der Waals surface area contributed by atoms with Crippen molar-refractivity contribution in [3.05, 3.63) is 118 Å². The van der Waals surface area contributed by atoms with Gasteiger partial charge in [-0.15, -0.1) is 0 Å². The Balaban J connectivity index is 0.000000150. The number of rotatable bonds is 2. The van der Waals surface area contributed by atoms with Gasteiger partial charge in [-0.25, -0.2) is 0 Å². The standard InChI is InChI=1S/C20H25N3O.C19H23N3O/c1-14-12-16-6-5-15-4-3-9-21-18(15)20(24,19(16)22-13-14)17-7-10-23(2)11-8-17;1-22-12-8-16(9-13-22)19(23)17-14(4-2-10-20-17)6-7-15-5-3-11-21-18(15)19/h3-4,9,12-13,17,24H,5-8,10-11H2,1-2H3;2-5,10-11,16,23H,6-9,12-13H2,1H3. The van der Waals surface area contributed by atoms with Crippen LogP contribution in [0, 0.1) is 18.8 Å². The quantitative estimate of drug-likeness (QED) is 0.331. The van der Waals surface area contributed by atoms with Crippen LogP contribution < -0.4 is 0 Å². The highest BCUT2D eigenvalue weighted by Gasteiger charge is 2.48. The topological polar surface area (TPSA) is 98.5 Å². The molecule has 4 aromatic rings.